The number of nitrogens with zero attached hydrogens (tertiary/aromatic N) is 3. The van der Waals surface area contributed by atoms with Crippen molar-refractivity contribution in [1.82, 2.24) is 24.1 Å². The van der Waals surface area contributed by atoms with Crippen molar-refractivity contribution in [2.24, 2.45) is 7.05 Å². The number of carbonyl (C=O) groups excluding carboxylic acids is 1. The van der Waals surface area contributed by atoms with Crippen molar-refractivity contribution in [3.63, 3.8) is 0 Å². The smallest absolute Gasteiger partial charge is 0.280 e. The number of aromatic nitrogens is 2. The van der Waals surface area contributed by atoms with Gasteiger partial charge >= 0.3 is 0 Å². The molecule has 1 aliphatic heterocycles. The lowest BCUT2D eigenvalue weighted by molar-refractivity contribution is -0.126. The van der Waals surface area contributed by atoms with Crippen LogP contribution in [0, 0.1) is 6.92 Å². The number of ether oxygens (including phenoxy) is 1. The highest BCUT2D eigenvalue weighted by Gasteiger charge is 2.41. The van der Waals surface area contributed by atoms with Crippen LogP contribution in [0.5, 0.6) is 0 Å². The number of carbonyl (C=O) groups is 1. The minimum Gasteiger partial charge on any atom is -0.383 e. The monoisotopic (exact) mass is 359 g/mol. The summed E-state index contributed by atoms with van der Waals surface area (Å²) in [6.45, 7) is 3.98. The largest absolute Gasteiger partial charge is 0.383 e. The lowest BCUT2D eigenvalue weighted by Gasteiger charge is -2.36. The van der Waals surface area contributed by atoms with Crippen LogP contribution < -0.4 is 10.0 Å². The minimum atomic E-state index is -3.75. The third-order valence-corrected chi connectivity index (χ3v) is 5.70. The highest BCUT2D eigenvalue weighted by Crippen LogP contribution is 2.29. The average Bonchev–Trinajstić information content (AvgIpc) is 2.80. The minimum absolute atomic E-state index is 0.202. The van der Waals surface area contributed by atoms with Gasteiger partial charge in [-0.1, -0.05) is 0 Å². The zero-order chi connectivity index (χ0) is 18.1. The lowest BCUT2D eigenvalue weighted by atomic mass is 10.00. The summed E-state index contributed by atoms with van der Waals surface area (Å²) in [5.74, 6) is -0.335. The van der Waals surface area contributed by atoms with E-state index in [0.29, 0.717) is 13.0 Å². The summed E-state index contributed by atoms with van der Waals surface area (Å²) < 4.78 is 35.1. The first-order valence-electron chi connectivity index (χ1n) is 7.70. The second kappa shape index (κ2) is 7.18. The Hall–Kier alpha value is -1.49. The molecule has 2 heterocycles. The molecule has 0 unspecified atom stereocenters. The van der Waals surface area contributed by atoms with E-state index in [1.54, 1.807) is 32.0 Å². The van der Waals surface area contributed by atoms with Crippen molar-refractivity contribution in [2.45, 2.75) is 38.4 Å². The molecule has 2 rings (SSSR count). The van der Waals surface area contributed by atoms with E-state index in [1.165, 1.54) is 7.05 Å². The SMILES string of the molecule is COC[C@H](C)NC(=O)[C@H]1C[C@@H](c2cn(C)nc2C)NS(=O)(=O)N1C. The molecule has 9 nitrogen and oxygen atoms in total. The molecule has 0 spiro atoms. The zero-order valence-corrected chi connectivity index (χ0v) is 15.4. The Morgan fingerprint density at radius 3 is 2.75 bits per heavy atom. The topological polar surface area (TPSA) is 106 Å². The van der Waals surface area contributed by atoms with E-state index in [9.17, 15) is 13.2 Å². The number of amides is 1. The molecule has 1 aliphatic rings. The molecule has 2 N–H and O–H groups in total. The summed E-state index contributed by atoms with van der Waals surface area (Å²) in [7, 11) is 0.969. The van der Waals surface area contributed by atoms with Crippen molar-refractivity contribution in [3.05, 3.63) is 17.5 Å². The van der Waals surface area contributed by atoms with Gasteiger partial charge in [0.2, 0.25) is 5.91 Å². The first-order valence-corrected chi connectivity index (χ1v) is 9.14. The molecule has 1 aromatic heterocycles. The molecule has 0 aliphatic carbocycles. The van der Waals surface area contributed by atoms with Crippen LogP contribution in [0.1, 0.15) is 30.6 Å². The summed E-state index contributed by atoms with van der Waals surface area (Å²) in [4.78, 5) is 12.5. The van der Waals surface area contributed by atoms with Gasteiger partial charge in [0.25, 0.3) is 10.2 Å². The van der Waals surface area contributed by atoms with Crippen LogP contribution in [-0.2, 0) is 26.8 Å². The van der Waals surface area contributed by atoms with Crippen molar-refractivity contribution < 1.29 is 17.9 Å². The van der Waals surface area contributed by atoms with Gasteiger partial charge in [-0.15, -0.1) is 0 Å². The third kappa shape index (κ3) is 3.94. The van der Waals surface area contributed by atoms with Gasteiger partial charge in [0.1, 0.15) is 6.04 Å². The molecule has 10 heteroatoms. The Morgan fingerprint density at radius 1 is 1.54 bits per heavy atom. The van der Waals surface area contributed by atoms with E-state index in [0.717, 1.165) is 15.6 Å². The Balaban J connectivity index is 2.24. The average molecular weight is 359 g/mol. The van der Waals surface area contributed by atoms with Crippen molar-refractivity contribution in [3.8, 4) is 0 Å². The van der Waals surface area contributed by atoms with E-state index in [1.807, 2.05) is 6.92 Å². The van der Waals surface area contributed by atoms with Crippen LogP contribution >= 0.6 is 0 Å². The number of hydrogen-bond donors (Lipinski definition) is 2. The normalized spacial score (nSPS) is 25.4. The van der Waals surface area contributed by atoms with Crippen molar-refractivity contribution >= 4 is 16.1 Å². The molecule has 136 valence electrons. The Bertz CT molecular complexity index is 702. The predicted molar refractivity (Wildman–Crippen MR) is 88.4 cm³/mol. The summed E-state index contributed by atoms with van der Waals surface area (Å²) in [6.07, 6.45) is 2.10. The van der Waals surface area contributed by atoms with Crippen LogP contribution in [0.15, 0.2) is 6.20 Å². The van der Waals surface area contributed by atoms with E-state index in [-0.39, 0.29) is 11.9 Å². The number of nitrogens with one attached hydrogen (secondary N) is 2. The molecule has 24 heavy (non-hydrogen) atoms. The van der Waals surface area contributed by atoms with E-state index in [2.05, 4.69) is 15.1 Å². The van der Waals surface area contributed by atoms with Crippen LogP contribution in [0.3, 0.4) is 0 Å². The summed E-state index contributed by atoms with van der Waals surface area (Å²) in [6, 6.07) is -1.49. The van der Waals surface area contributed by atoms with Gasteiger partial charge in [-0.3, -0.25) is 9.48 Å². The molecule has 0 bridgehead atoms. The maximum absolute atomic E-state index is 12.5. The predicted octanol–water partition coefficient (Wildman–Crippen LogP) is -0.541. The molecule has 1 aromatic rings. The van der Waals surface area contributed by atoms with Gasteiger partial charge in [-0.2, -0.15) is 22.5 Å². The van der Waals surface area contributed by atoms with Gasteiger partial charge < -0.3 is 10.1 Å². The fourth-order valence-corrected chi connectivity index (χ4v) is 4.17. The summed E-state index contributed by atoms with van der Waals surface area (Å²) in [5.41, 5.74) is 1.51. The van der Waals surface area contributed by atoms with E-state index >= 15 is 0 Å². The molecule has 0 saturated carbocycles. The van der Waals surface area contributed by atoms with Gasteiger partial charge in [0, 0.05) is 39.0 Å². The maximum Gasteiger partial charge on any atom is 0.280 e. The van der Waals surface area contributed by atoms with Gasteiger partial charge in [0.05, 0.1) is 18.3 Å². The zero-order valence-electron chi connectivity index (χ0n) is 14.6. The number of likely N-dealkylation sites (N-methyl/N-ethyl adjacent to an activating group) is 1. The Kier molecular flexibility index (Phi) is 5.63. The fraction of sp³-hybridized carbons (Fsp3) is 0.714. The lowest BCUT2D eigenvalue weighted by Crippen LogP contribution is -2.58. The second-order valence-corrected chi connectivity index (χ2v) is 7.91. The Morgan fingerprint density at radius 2 is 2.21 bits per heavy atom. The van der Waals surface area contributed by atoms with Crippen LogP contribution in [0.4, 0.5) is 0 Å². The van der Waals surface area contributed by atoms with Crippen LogP contribution in [0.2, 0.25) is 0 Å². The van der Waals surface area contributed by atoms with Crippen molar-refractivity contribution in [2.75, 3.05) is 20.8 Å². The molecule has 1 saturated heterocycles. The summed E-state index contributed by atoms with van der Waals surface area (Å²) in [5, 5.41) is 7.04. The third-order valence-electron chi connectivity index (χ3n) is 4.10. The fourth-order valence-electron chi connectivity index (χ4n) is 2.90. The van der Waals surface area contributed by atoms with Crippen LogP contribution in [-0.4, -0.2) is 61.3 Å². The first kappa shape index (κ1) is 18.8. The number of methoxy groups -OCH3 is 1. The van der Waals surface area contributed by atoms with Crippen LogP contribution in [0.25, 0.3) is 0 Å². The Labute approximate surface area is 142 Å². The van der Waals surface area contributed by atoms with E-state index in [4.69, 9.17) is 4.74 Å². The molecule has 0 aromatic carbocycles. The second-order valence-electron chi connectivity index (χ2n) is 6.15. The van der Waals surface area contributed by atoms with E-state index < -0.39 is 22.3 Å². The highest BCUT2D eigenvalue weighted by molar-refractivity contribution is 7.87. The van der Waals surface area contributed by atoms with Gasteiger partial charge in [-0.25, -0.2) is 0 Å². The summed E-state index contributed by atoms with van der Waals surface area (Å²) >= 11 is 0. The van der Waals surface area contributed by atoms with Crippen molar-refractivity contribution in [1.29, 1.82) is 0 Å². The molecule has 0 radical (unpaired) electrons. The highest BCUT2D eigenvalue weighted by atomic mass is 32.2. The quantitative estimate of drug-likeness (QED) is 0.734. The standard InChI is InChI=1S/C14H25N5O4S/c1-9(8-23-5)15-14(20)13-6-12(17-24(21,22)19(13)4)11-7-18(3)16-10(11)2/h7,9,12-13,17H,6,8H2,1-5H3,(H,15,20)/t9-,12-,13+/m0/s1. The molecule has 1 fully saturated rings. The molecular formula is C14H25N5O4S. The first-order chi connectivity index (χ1) is 11.2. The maximum atomic E-state index is 12.5. The number of hydrogen-bond acceptors (Lipinski definition) is 5. The van der Waals surface area contributed by atoms with Gasteiger partial charge in [-0.05, 0) is 20.3 Å². The molecule has 1 amide bonds. The molecule has 3 atom stereocenters. The number of rotatable bonds is 5. The van der Waals surface area contributed by atoms with Gasteiger partial charge in [0.15, 0.2) is 0 Å². The molecular weight excluding hydrogens is 334 g/mol. The number of aryl methyl sites for hydroxylation is 2.